The predicted molar refractivity (Wildman–Crippen MR) is 60.3 cm³/mol. The number of benzene rings is 1. The Hall–Kier alpha value is -0.820. The molecule has 1 fully saturated rings. The van der Waals surface area contributed by atoms with Crippen LogP contribution >= 0.6 is 0 Å². The lowest BCUT2D eigenvalue weighted by Crippen LogP contribution is -2.35. The molecule has 1 heteroatoms. The van der Waals surface area contributed by atoms with E-state index in [9.17, 15) is 0 Å². The molecule has 0 radical (unpaired) electrons. The van der Waals surface area contributed by atoms with E-state index in [1.54, 1.807) is 0 Å². The third-order valence-corrected chi connectivity index (χ3v) is 3.03. The van der Waals surface area contributed by atoms with Crippen LogP contribution < -0.4 is 5.32 Å². The van der Waals surface area contributed by atoms with E-state index in [-0.39, 0.29) is 0 Å². The molecule has 1 nitrogen and oxygen atoms in total. The zero-order chi connectivity index (χ0) is 9.80. The molecule has 1 aromatic carbocycles. The summed E-state index contributed by atoms with van der Waals surface area (Å²) < 4.78 is 0. The molecule has 1 aromatic rings. The predicted octanol–water partition coefficient (Wildman–Crippen LogP) is 2.47. The van der Waals surface area contributed by atoms with Gasteiger partial charge in [-0.3, -0.25) is 0 Å². The minimum Gasteiger partial charge on any atom is -0.316 e. The zero-order valence-electron chi connectivity index (χ0n) is 8.87. The van der Waals surface area contributed by atoms with Gasteiger partial charge in [-0.05, 0) is 43.3 Å². The second-order valence-corrected chi connectivity index (χ2v) is 4.55. The third kappa shape index (κ3) is 2.58. The Bertz CT molecular complexity index is 268. The summed E-state index contributed by atoms with van der Waals surface area (Å²) in [7, 11) is 0. The molecular weight excluding hydrogens is 170 g/mol. The number of hydrogen-bond donors (Lipinski definition) is 1. The Labute approximate surface area is 86.5 Å². The molecule has 76 valence electrons. The molecule has 14 heavy (non-hydrogen) atoms. The van der Waals surface area contributed by atoms with Gasteiger partial charge in [-0.2, -0.15) is 0 Å². The Kier molecular flexibility index (Phi) is 3.20. The summed E-state index contributed by atoms with van der Waals surface area (Å²) in [5, 5.41) is 3.50. The van der Waals surface area contributed by atoms with E-state index < -0.39 is 0 Å². The largest absolute Gasteiger partial charge is 0.316 e. The van der Waals surface area contributed by atoms with Gasteiger partial charge in [0.05, 0.1) is 0 Å². The summed E-state index contributed by atoms with van der Waals surface area (Å²) in [5.74, 6) is 1.68. The van der Waals surface area contributed by atoms with E-state index in [0.717, 1.165) is 11.8 Å². The second-order valence-electron chi connectivity index (χ2n) is 4.55. The van der Waals surface area contributed by atoms with Crippen molar-refractivity contribution >= 4 is 0 Å². The van der Waals surface area contributed by atoms with Crippen molar-refractivity contribution in [3.63, 3.8) is 0 Å². The van der Waals surface area contributed by atoms with Crippen molar-refractivity contribution in [2.24, 2.45) is 11.8 Å². The van der Waals surface area contributed by atoms with E-state index in [0.29, 0.717) is 0 Å². The van der Waals surface area contributed by atoms with Crippen LogP contribution in [0.4, 0.5) is 0 Å². The molecule has 2 atom stereocenters. The van der Waals surface area contributed by atoms with Crippen LogP contribution in [0, 0.1) is 11.8 Å². The van der Waals surface area contributed by atoms with Gasteiger partial charge in [0.2, 0.25) is 0 Å². The zero-order valence-corrected chi connectivity index (χ0v) is 8.87. The number of hydrogen-bond acceptors (Lipinski definition) is 1. The lowest BCUT2D eigenvalue weighted by atomic mass is 9.87. The van der Waals surface area contributed by atoms with Crippen molar-refractivity contribution in [3.05, 3.63) is 35.9 Å². The van der Waals surface area contributed by atoms with Gasteiger partial charge in [0, 0.05) is 0 Å². The molecular formula is C13H19N. The standard InChI is InChI=1S/C13H19N/c1-11-7-13(10-14-9-11)8-12-5-3-2-4-6-12/h2-6,11,13-14H,7-10H2,1H3/t11-,13-/m0/s1. The van der Waals surface area contributed by atoms with Gasteiger partial charge < -0.3 is 5.32 Å². The van der Waals surface area contributed by atoms with Gasteiger partial charge >= 0.3 is 0 Å². The highest BCUT2D eigenvalue weighted by atomic mass is 14.9. The first-order valence-corrected chi connectivity index (χ1v) is 5.59. The fourth-order valence-corrected chi connectivity index (χ4v) is 2.37. The normalized spacial score (nSPS) is 27.5. The third-order valence-electron chi connectivity index (χ3n) is 3.03. The van der Waals surface area contributed by atoms with E-state index in [4.69, 9.17) is 0 Å². The van der Waals surface area contributed by atoms with Crippen LogP contribution in [0.3, 0.4) is 0 Å². The van der Waals surface area contributed by atoms with E-state index in [2.05, 4.69) is 42.6 Å². The van der Waals surface area contributed by atoms with E-state index in [1.807, 2.05) is 0 Å². The van der Waals surface area contributed by atoms with Gasteiger partial charge in [0.25, 0.3) is 0 Å². The first-order valence-electron chi connectivity index (χ1n) is 5.59. The molecule has 1 saturated heterocycles. The summed E-state index contributed by atoms with van der Waals surface area (Å²) in [6.45, 7) is 4.73. The molecule has 1 N–H and O–H groups in total. The monoisotopic (exact) mass is 189 g/mol. The summed E-state index contributed by atoms with van der Waals surface area (Å²) >= 11 is 0. The average Bonchev–Trinajstić information content (AvgIpc) is 2.19. The van der Waals surface area contributed by atoms with Gasteiger partial charge in [-0.25, -0.2) is 0 Å². The number of rotatable bonds is 2. The molecule has 2 rings (SSSR count). The van der Waals surface area contributed by atoms with Crippen LogP contribution in [0.15, 0.2) is 30.3 Å². The minimum atomic E-state index is 0.834. The second kappa shape index (κ2) is 4.61. The SMILES string of the molecule is C[C@@H]1CNC[C@H](Cc2ccccc2)C1. The quantitative estimate of drug-likeness (QED) is 0.753. The molecule has 0 unspecified atom stereocenters. The number of piperidine rings is 1. The Morgan fingerprint density at radius 3 is 2.71 bits per heavy atom. The molecule has 0 aromatic heterocycles. The van der Waals surface area contributed by atoms with Gasteiger partial charge in [-0.15, -0.1) is 0 Å². The van der Waals surface area contributed by atoms with Gasteiger partial charge in [0.1, 0.15) is 0 Å². The highest BCUT2D eigenvalue weighted by Crippen LogP contribution is 2.19. The topological polar surface area (TPSA) is 12.0 Å². The van der Waals surface area contributed by atoms with E-state index >= 15 is 0 Å². The fourth-order valence-electron chi connectivity index (χ4n) is 2.37. The van der Waals surface area contributed by atoms with Crippen molar-refractivity contribution in [1.29, 1.82) is 0 Å². The van der Waals surface area contributed by atoms with Crippen LogP contribution in [0.1, 0.15) is 18.9 Å². The van der Waals surface area contributed by atoms with Crippen molar-refractivity contribution in [1.82, 2.24) is 5.32 Å². The fraction of sp³-hybridized carbons (Fsp3) is 0.538. The first kappa shape index (κ1) is 9.72. The molecule has 1 heterocycles. The number of nitrogens with one attached hydrogen (secondary N) is 1. The summed E-state index contributed by atoms with van der Waals surface area (Å²) in [4.78, 5) is 0. The van der Waals surface area contributed by atoms with Gasteiger partial charge in [-0.1, -0.05) is 37.3 Å². The maximum atomic E-state index is 3.50. The molecule has 0 saturated carbocycles. The molecule has 0 spiro atoms. The lowest BCUT2D eigenvalue weighted by Gasteiger charge is -2.27. The van der Waals surface area contributed by atoms with E-state index in [1.165, 1.54) is 31.5 Å². The summed E-state index contributed by atoms with van der Waals surface area (Å²) in [6.07, 6.45) is 2.61. The maximum Gasteiger partial charge on any atom is -0.00171 e. The highest BCUT2D eigenvalue weighted by Gasteiger charge is 2.18. The Morgan fingerprint density at radius 2 is 2.00 bits per heavy atom. The summed E-state index contributed by atoms with van der Waals surface area (Å²) in [6, 6.07) is 10.8. The smallest absolute Gasteiger partial charge is 0.00171 e. The van der Waals surface area contributed by atoms with Crippen LogP contribution in [0.25, 0.3) is 0 Å². The summed E-state index contributed by atoms with van der Waals surface area (Å²) in [5.41, 5.74) is 1.48. The maximum absolute atomic E-state index is 3.50. The lowest BCUT2D eigenvalue weighted by molar-refractivity contribution is 0.301. The molecule has 1 aliphatic rings. The molecule has 0 amide bonds. The van der Waals surface area contributed by atoms with Crippen molar-refractivity contribution in [2.75, 3.05) is 13.1 Å². The van der Waals surface area contributed by atoms with Crippen molar-refractivity contribution < 1.29 is 0 Å². The van der Waals surface area contributed by atoms with Gasteiger partial charge in [0.15, 0.2) is 0 Å². The molecule has 1 aliphatic heterocycles. The average molecular weight is 189 g/mol. The van der Waals surface area contributed by atoms with Crippen LogP contribution in [0.5, 0.6) is 0 Å². The van der Waals surface area contributed by atoms with Crippen molar-refractivity contribution in [3.8, 4) is 0 Å². The van der Waals surface area contributed by atoms with Crippen LogP contribution in [0.2, 0.25) is 0 Å². The first-order chi connectivity index (χ1) is 6.84. The van der Waals surface area contributed by atoms with Crippen LogP contribution in [-0.4, -0.2) is 13.1 Å². The highest BCUT2D eigenvalue weighted by molar-refractivity contribution is 5.15. The molecule has 0 bridgehead atoms. The molecule has 0 aliphatic carbocycles. The van der Waals surface area contributed by atoms with Crippen molar-refractivity contribution in [2.45, 2.75) is 19.8 Å². The Balaban J connectivity index is 1.91. The van der Waals surface area contributed by atoms with Crippen LogP contribution in [-0.2, 0) is 6.42 Å². The Morgan fingerprint density at radius 1 is 1.21 bits per heavy atom. The minimum absolute atomic E-state index is 0.834.